The molecule has 0 bridgehead atoms. The van der Waals surface area contributed by atoms with Gasteiger partial charge < -0.3 is 0 Å². The predicted molar refractivity (Wildman–Crippen MR) is 87.5 cm³/mol. The van der Waals surface area contributed by atoms with Crippen LogP contribution < -0.4 is 5.14 Å². The summed E-state index contributed by atoms with van der Waals surface area (Å²) in [4.78, 5) is 3.99. The minimum atomic E-state index is -3.74. The van der Waals surface area contributed by atoms with Crippen molar-refractivity contribution >= 4 is 21.2 Å². The zero-order valence-corrected chi connectivity index (χ0v) is 13.2. The molecule has 0 saturated heterocycles. The highest BCUT2D eigenvalue weighted by Gasteiger charge is 2.18. The topological polar surface area (TPSA) is 73.1 Å². The number of aromatic nitrogens is 1. The van der Waals surface area contributed by atoms with E-state index in [4.69, 9.17) is 5.14 Å². The molecule has 0 unspecified atom stereocenters. The van der Waals surface area contributed by atoms with Crippen molar-refractivity contribution in [3.63, 3.8) is 0 Å². The molecule has 0 aliphatic heterocycles. The van der Waals surface area contributed by atoms with Crippen LogP contribution in [0, 0.1) is 6.92 Å². The van der Waals surface area contributed by atoms with Crippen LogP contribution in [0.25, 0.3) is 11.1 Å². The number of allylic oxidation sites excluding steroid dienone is 2. The fourth-order valence-corrected chi connectivity index (χ4v) is 3.32. The highest BCUT2D eigenvalue weighted by atomic mass is 32.2. The van der Waals surface area contributed by atoms with Gasteiger partial charge in [-0.15, -0.1) is 0 Å². The van der Waals surface area contributed by atoms with Crippen molar-refractivity contribution in [2.45, 2.75) is 31.2 Å². The molecule has 1 aromatic heterocycles. The third-order valence-corrected chi connectivity index (χ3v) is 4.82. The second kappa shape index (κ2) is 5.66. The summed E-state index contributed by atoms with van der Waals surface area (Å²) >= 11 is 0. The maximum atomic E-state index is 11.3. The Hall–Kier alpha value is -1.98. The molecule has 0 radical (unpaired) electrons. The van der Waals surface area contributed by atoms with Gasteiger partial charge in [0.05, 0.1) is 0 Å². The van der Waals surface area contributed by atoms with Gasteiger partial charge in [0.1, 0.15) is 0 Å². The quantitative estimate of drug-likeness (QED) is 0.946. The van der Waals surface area contributed by atoms with E-state index in [-0.39, 0.29) is 5.03 Å². The first-order chi connectivity index (χ1) is 10.4. The van der Waals surface area contributed by atoms with E-state index in [1.807, 2.05) is 0 Å². The summed E-state index contributed by atoms with van der Waals surface area (Å²) in [6, 6.07) is 11.8. The van der Waals surface area contributed by atoms with Crippen molar-refractivity contribution in [3.8, 4) is 0 Å². The van der Waals surface area contributed by atoms with Gasteiger partial charge in [-0.2, -0.15) is 0 Å². The van der Waals surface area contributed by atoms with Gasteiger partial charge in [-0.25, -0.2) is 18.5 Å². The largest absolute Gasteiger partial charge is 0.255 e. The molecule has 0 atom stereocenters. The van der Waals surface area contributed by atoms with Gasteiger partial charge in [0.15, 0.2) is 5.03 Å². The third kappa shape index (κ3) is 2.96. The van der Waals surface area contributed by atoms with E-state index >= 15 is 0 Å². The Morgan fingerprint density at radius 1 is 0.955 bits per heavy atom. The fraction of sp³-hybridized carbons (Fsp3) is 0.235. The number of primary sulfonamides is 1. The Kier molecular flexibility index (Phi) is 3.85. The average molecular weight is 314 g/mol. The van der Waals surface area contributed by atoms with Crippen LogP contribution >= 0.6 is 0 Å². The number of sulfonamides is 1. The van der Waals surface area contributed by atoms with Crippen LogP contribution in [-0.2, 0) is 10.0 Å². The van der Waals surface area contributed by atoms with E-state index in [0.29, 0.717) is 0 Å². The van der Waals surface area contributed by atoms with E-state index < -0.39 is 10.0 Å². The van der Waals surface area contributed by atoms with E-state index in [2.05, 4.69) is 36.2 Å². The van der Waals surface area contributed by atoms with Crippen molar-refractivity contribution in [3.05, 3.63) is 59.3 Å². The van der Waals surface area contributed by atoms with Gasteiger partial charge >= 0.3 is 0 Å². The van der Waals surface area contributed by atoms with Crippen LogP contribution in [0.15, 0.2) is 47.6 Å². The number of hydrogen-bond donors (Lipinski definition) is 1. The number of nitrogens with zero attached hydrogens (tertiary/aromatic N) is 1. The Morgan fingerprint density at radius 3 is 2.09 bits per heavy atom. The maximum absolute atomic E-state index is 11.3. The third-order valence-electron chi connectivity index (χ3n) is 3.99. The Morgan fingerprint density at radius 2 is 1.55 bits per heavy atom. The molecule has 0 spiro atoms. The first-order valence-electron chi connectivity index (χ1n) is 7.23. The monoisotopic (exact) mass is 314 g/mol. The normalized spacial score (nSPS) is 15.4. The molecule has 22 heavy (non-hydrogen) atoms. The van der Waals surface area contributed by atoms with Crippen molar-refractivity contribution in [1.29, 1.82) is 0 Å². The average Bonchev–Trinajstić information content (AvgIpc) is 2.97. The van der Waals surface area contributed by atoms with Crippen molar-refractivity contribution in [1.82, 2.24) is 4.98 Å². The van der Waals surface area contributed by atoms with Gasteiger partial charge in [-0.05, 0) is 54.5 Å². The molecule has 114 valence electrons. The molecule has 4 nitrogen and oxygen atoms in total. The van der Waals surface area contributed by atoms with E-state index in [0.717, 1.165) is 24.8 Å². The zero-order valence-electron chi connectivity index (χ0n) is 12.4. The zero-order chi connectivity index (χ0) is 15.7. The van der Waals surface area contributed by atoms with Gasteiger partial charge in [-0.1, -0.05) is 35.9 Å². The minimum Gasteiger partial charge on any atom is -0.243 e. The van der Waals surface area contributed by atoms with Gasteiger partial charge in [-0.3, -0.25) is 0 Å². The Balaban J connectivity index is 2.01. The molecule has 1 aromatic carbocycles. The second-order valence-corrected chi connectivity index (χ2v) is 7.12. The lowest BCUT2D eigenvalue weighted by Gasteiger charge is -2.09. The summed E-state index contributed by atoms with van der Waals surface area (Å²) in [5.41, 5.74) is 6.01. The number of aryl methyl sites for hydroxylation is 1. The number of rotatable bonds is 3. The van der Waals surface area contributed by atoms with Crippen molar-refractivity contribution in [2.24, 2.45) is 5.14 Å². The van der Waals surface area contributed by atoms with Crippen LogP contribution in [-0.4, -0.2) is 13.4 Å². The van der Waals surface area contributed by atoms with E-state index in [9.17, 15) is 8.42 Å². The molecule has 0 saturated carbocycles. The molecule has 0 fully saturated rings. The SMILES string of the molecule is Cc1ccc(C2=C(c3ccc(S(N)(=O)=O)nc3)CCC2)cc1. The Bertz CT molecular complexity index is 820. The van der Waals surface area contributed by atoms with Gasteiger partial charge in [0, 0.05) is 6.20 Å². The number of nitrogens with two attached hydrogens (primary N) is 1. The van der Waals surface area contributed by atoms with E-state index in [1.54, 1.807) is 12.3 Å². The predicted octanol–water partition coefficient (Wildman–Crippen LogP) is 3.13. The summed E-state index contributed by atoms with van der Waals surface area (Å²) in [6.07, 6.45) is 4.74. The lowest BCUT2D eigenvalue weighted by Crippen LogP contribution is -2.13. The highest BCUT2D eigenvalue weighted by molar-refractivity contribution is 7.89. The van der Waals surface area contributed by atoms with Crippen molar-refractivity contribution < 1.29 is 8.42 Å². The molecule has 1 aliphatic carbocycles. The molecular weight excluding hydrogens is 296 g/mol. The summed E-state index contributed by atoms with van der Waals surface area (Å²) in [6.45, 7) is 2.07. The molecule has 2 aromatic rings. The fourth-order valence-electron chi connectivity index (χ4n) is 2.86. The second-order valence-electron chi connectivity index (χ2n) is 5.61. The highest BCUT2D eigenvalue weighted by Crippen LogP contribution is 2.39. The molecule has 5 heteroatoms. The van der Waals surface area contributed by atoms with Gasteiger partial charge in [0.25, 0.3) is 10.0 Å². The van der Waals surface area contributed by atoms with E-state index in [1.165, 1.54) is 28.3 Å². The molecule has 1 heterocycles. The van der Waals surface area contributed by atoms with Gasteiger partial charge in [0.2, 0.25) is 0 Å². The van der Waals surface area contributed by atoms with Crippen LogP contribution in [0.4, 0.5) is 0 Å². The summed E-state index contributed by atoms with van der Waals surface area (Å²) < 4.78 is 22.6. The molecular formula is C17H18N2O2S. The summed E-state index contributed by atoms with van der Waals surface area (Å²) in [5, 5.41) is 5.00. The summed E-state index contributed by atoms with van der Waals surface area (Å²) in [5.74, 6) is 0. The number of benzene rings is 1. The number of hydrogen-bond acceptors (Lipinski definition) is 3. The van der Waals surface area contributed by atoms with Crippen LogP contribution in [0.3, 0.4) is 0 Å². The van der Waals surface area contributed by atoms with Crippen LogP contribution in [0.2, 0.25) is 0 Å². The Labute approximate surface area is 130 Å². The van der Waals surface area contributed by atoms with Crippen LogP contribution in [0.1, 0.15) is 36.0 Å². The first-order valence-corrected chi connectivity index (χ1v) is 8.78. The molecule has 0 amide bonds. The minimum absolute atomic E-state index is 0.0910. The lowest BCUT2D eigenvalue weighted by molar-refractivity contribution is 0.594. The first kappa shape index (κ1) is 14.9. The van der Waals surface area contributed by atoms with Crippen LogP contribution in [0.5, 0.6) is 0 Å². The molecule has 2 N–H and O–H groups in total. The summed E-state index contributed by atoms with van der Waals surface area (Å²) in [7, 11) is -3.74. The van der Waals surface area contributed by atoms with Crippen molar-refractivity contribution in [2.75, 3.05) is 0 Å². The standard InChI is InChI=1S/C17H18N2O2S/c1-12-5-7-13(8-6-12)15-3-2-4-16(15)14-9-10-17(19-11-14)22(18,20)21/h5-11H,2-4H2,1H3,(H2,18,20,21). The maximum Gasteiger partial charge on any atom is 0.255 e. The number of pyridine rings is 1. The molecule has 3 rings (SSSR count). The molecule has 1 aliphatic rings. The smallest absolute Gasteiger partial charge is 0.243 e. The lowest BCUT2D eigenvalue weighted by atomic mass is 9.97.